The first-order valence-corrected chi connectivity index (χ1v) is 10.2. The molecule has 2 atom stereocenters. The second-order valence-electron chi connectivity index (χ2n) is 7.05. The summed E-state index contributed by atoms with van der Waals surface area (Å²) in [7, 11) is 0. The van der Waals surface area contributed by atoms with Gasteiger partial charge in [-0.3, -0.25) is 4.79 Å². The summed E-state index contributed by atoms with van der Waals surface area (Å²) in [6, 6.07) is 7.35. The van der Waals surface area contributed by atoms with Crippen molar-refractivity contribution in [2.45, 2.75) is 32.2 Å². The number of furan rings is 2. The first-order chi connectivity index (χ1) is 13.7. The summed E-state index contributed by atoms with van der Waals surface area (Å²) in [6.07, 6.45) is 8.27. The Kier molecular flexibility index (Phi) is 4.24. The third kappa shape index (κ3) is 2.82. The van der Waals surface area contributed by atoms with Crippen LogP contribution in [0.1, 0.15) is 52.2 Å². The van der Waals surface area contributed by atoms with E-state index in [0.29, 0.717) is 4.88 Å². The highest BCUT2D eigenvalue weighted by Crippen LogP contribution is 2.45. The molecule has 6 nitrogen and oxygen atoms in total. The molecule has 0 unspecified atom stereocenters. The summed E-state index contributed by atoms with van der Waals surface area (Å²) in [5.74, 6) is 1.55. The highest BCUT2D eigenvalue weighted by Gasteiger charge is 2.45. The number of fused-ring (bicyclic) bond motifs is 1. The largest absolute Gasteiger partial charge is 0.467 e. The average Bonchev–Trinajstić information content (AvgIpc) is 3.48. The van der Waals surface area contributed by atoms with E-state index in [2.05, 4.69) is 4.98 Å². The van der Waals surface area contributed by atoms with Crippen molar-refractivity contribution in [3.63, 3.8) is 0 Å². The van der Waals surface area contributed by atoms with E-state index in [9.17, 15) is 4.79 Å². The van der Waals surface area contributed by atoms with Gasteiger partial charge in [0.25, 0.3) is 5.91 Å². The lowest BCUT2D eigenvalue weighted by Crippen LogP contribution is -2.31. The van der Waals surface area contributed by atoms with E-state index in [1.807, 2.05) is 37.3 Å². The molecule has 142 valence electrons. The smallest absolute Gasteiger partial charge is 0.286 e. The maximum absolute atomic E-state index is 13.3. The maximum Gasteiger partial charge on any atom is 0.286 e. The molecule has 1 fully saturated rings. The lowest BCUT2D eigenvalue weighted by molar-refractivity contribution is 0.0660. The molecule has 1 saturated carbocycles. The number of hydrogen-bond acceptors (Lipinski definition) is 6. The van der Waals surface area contributed by atoms with Crippen LogP contribution < -0.4 is 0 Å². The number of allylic oxidation sites excluding steroid dienone is 1. The fourth-order valence-corrected chi connectivity index (χ4v) is 4.80. The number of aromatic nitrogens is 1. The molecule has 0 aromatic carbocycles. The molecule has 2 aliphatic rings. The Bertz CT molecular complexity index is 1050. The molecule has 0 N–H and O–H groups in total. The van der Waals surface area contributed by atoms with Gasteiger partial charge in [-0.25, -0.2) is 9.99 Å². The van der Waals surface area contributed by atoms with Crippen molar-refractivity contribution in [3.8, 4) is 0 Å². The molecule has 5 rings (SSSR count). The number of carbonyl (C=O) groups excluding carboxylic acids is 1. The van der Waals surface area contributed by atoms with Crippen molar-refractivity contribution in [1.82, 2.24) is 9.99 Å². The Morgan fingerprint density at radius 1 is 1.29 bits per heavy atom. The molecular formula is C21H19N3O3S. The Hall–Kier alpha value is -2.93. The molecule has 1 aliphatic carbocycles. The topological polar surface area (TPSA) is 71.8 Å². The maximum atomic E-state index is 13.3. The van der Waals surface area contributed by atoms with Gasteiger partial charge in [0.15, 0.2) is 0 Å². The average molecular weight is 393 g/mol. The van der Waals surface area contributed by atoms with Gasteiger partial charge in [0.05, 0.1) is 29.4 Å². The van der Waals surface area contributed by atoms with Crippen LogP contribution in [0.15, 0.2) is 61.8 Å². The van der Waals surface area contributed by atoms with Crippen LogP contribution in [0.4, 0.5) is 0 Å². The molecule has 7 heteroatoms. The van der Waals surface area contributed by atoms with Crippen LogP contribution in [0.25, 0.3) is 6.08 Å². The SMILES string of the molecule is Cc1ncsc1C(=O)N1N=C2/C(=C/c3ccco3)CCC[C@@H]2[C@@H]1c1ccco1. The van der Waals surface area contributed by atoms with Crippen molar-refractivity contribution in [1.29, 1.82) is 0 Å². The van der Waals surface area contributed by atoms with Crippen LogP contribution in [0, 0.1) is 12.8 Å². The van der Waals surface area contributed by atoms with Crippen LogP contribution in [-0.2, 0) is 0 Å². The second-order valence-corrected chi connectivity index (χ2v) is 7.90. The molecule has 0 spiro atoms. The number of hydrogen-bond donors (Lipinski definition) is 0. The fraction of sp³-hybridized carbons (Fsp3) is 0.286. The predicted octanol–water partition coefficient (Wildman–Crippen LogP) is 5.07. The Morgan fingerprint density at radius 3 is 2.86 bits per heavy atom. The monoisotopic (exact) mass is 393 g/mol. The molecule has 0 saturated heterocycles. The minimum Gasteiger partial charge on any atom is -0.467 e. The van der Waals surface area contributed by atoms with Crippen LogP contribution in [0.2, 0.25) is 0 Å². The van der Waals surface area contributed by atoms with E-state index in [-0.39, 0.29) is 17.9 Å². The normalized spacial score (nSPS) is 23.1. The molecule has 3 aromatic heterocycles. The Morgan fingerprint density at radius 2 is 2.14 bits per heavy atom. The molecular weight excluding hydrogens is 374 g/mol. The van der Waals surface area contributed by atoms with E-state index in [4.69, 9.17) is 13.9 Å². The van der Waals surface area contributed by atoms with Crippen LogP contribution in [0.5, 0.6) is 0 Å². The van der Waals surface area contributed by atoms with Crippen LogP contribution in [0.3, 0.4) is 0 Å². The fourth-order valence-electron chi connectivity index (χ4n) is 4.06. The van der Waals surface area contributed by atoms with Crippen LogP contribution in [-0.4, -0.2) is 21.6 Å². The van der Waals surface area contributed by atoms with Gasteiger partial charge in [-0.1, -0.05) is 0 Å². The third-order valence-electron chi connectivity index (χ3n) is 5.34. The molecule has 3 aromatic rings. The summed E-state index contributed by atoms with van der Waals surface area (Å²) in [4.78, 5) is 18.2. The number of amides is 1. The number of aryl methyl sites for hydroxylation is 1. The second kappa shape index (κ2) is 6.91. The Labute approximate surface area is 166 Å². The summed E-state index contributed by atoms with van der Waals surface area (Å²) in [6.45, 7) is 1.85. The van der Waals surface area contributed by atoms with E-state index < -0.39 is 0 Å². The lowest BCUT2D eigenvalue weighted by atomic mass is 9.79. The zero-order valence-corrected chi connectivity index (χ0v) is 16.2. The van der Waals surface area contributed by atoms with E-state index >= 15 is 0 Å². The van der Waals surface area contributed by atoms with Gasteiger partial charge in [-0.2, -0.15) is 5.10 Å². The molecule has 0 bridgehead atoms. The van der Waals surface area contributed by atoms with Gasteiger partial charge in [0, 0.05) is 5.92 Å². The van der Waals surface area contributed by atoms with Gasteiger partial charge in [-0.15, -0.1) is 11.3 Å². The van der Waals surface area contributed by atoms with E-state index in [1.54, 1.807) is 23.0 Å². The van der Waals surface area contributed by atoms with Gasteiger partial charge >= 0.3 is 0 Å². The quantitative estimate of drug-likeness (QED) is 0.622. The predicted molar refractivity (Wildman–Crippen MR) is 106 cm³/mol. The summed E-state index contributed by atoms with van der Waals surface area (Å²) in [5, 5.41) is 6.41. The molecule has 0 radical (unpaired) electrons. The number of carbonyl (C=O) groups is 1. The zero-order chi connectivity index (χ0) is 19.1. The van der Waals surface area contributed by atoms with Crippen molar-refractivity contribution in [2.75, 3.05) is 0 Å². The van der Waals surface area contributed by atoms with Gasteiger partial charge in [-0.05, 0) is 62.1 Å². The first kappa shape index (κ1) is 17.2. The van der Waals surface area contributed by atoms with Crippen molar-refractivity contribution >= 4 is 29.0 Å². The van der Waals surface area contributed by atoms with Crippen molar-refractivity contribution in [3.05, 3.63) is 70.0 Å². The lowest BCUT2D eigenvalue weighted by Gasteiger charge is -2.27. The number of rotatable bonds is 3. The van der Waals surface area contributed by atoms with Crippen LogP contribution >= 0.6 is 11.3 Å². The number of hydrazone groups is 1. The zero-order valence-electron chi connectivity index (χ0n) is 15.4. The molecule has 1 amide bonds. The minimum atomic E-state index is -0.237. The number of thiazole rings is 1. The van der Waals surface area contributed by atoms with Gasteiger partial charge < -0.3 is 8.83 Å². The van der Waals surface area contributed by atoms with Crippen molar-refractivity contribution < 1.29 is 13.6 Å². The van der Waals surface area contributed by atoms with E-state index in [1.165, 1.54) is 11.3 Å². The third-order valence-corrected chi connectivity index (χ3v) is 6.26. The van der Waals surface area contributed by atoms with E-state index in [0.717, 1.165) is 47.8 Å². The Balaban J connectivity index is 1.58. The highest BCUT2D eigenvalue weighted by molar-refractivity contribution is 7.11. The minimum absolute atomic E-state index is 0.110. The van der Waals surface area contributed by atoms with Gasteiger partial charge in [0.2, 0.25) is 0 Å². The van der Waals surface area contributed by atoms with Crippen molar-refractivity contribution in [2.24, 2.45) is 11.0 Å². The molecule has 28 heavy (non-hydrogen) atoms. The standard InChI is InChI=1S/C21H19N3O3S/c1-13-20(28-12-22-13)21(25)24-19(17-8-4-10-27-17)16-7-2-5-14(18(16)23-24)11-15-6-3-9-26-15/h3-4,6,8-12,16,19H,2,5,7H2,1H3/b14-11+/t16-,19+/m0/s1. The summed E-state index contributed by atoms with van der Waals surface area (Å²) in [5.41, 5.74) is 4.51. The molecule has 1 aliphatic heterocycles. The number of nitrogens with zero attached hydrogens (tertiary/aromatic N) is 3. The van der Waals surface area contributed by atoms with Gasteiger partial charge in [0.1, 0.15) is 22.4 Å². The summed E-state index contributed by atoms with van der Waals surface area (Å²) < 4.78 is 11.2. The molecule has 4 heterocycles. The highest BCUT2D eigenvalue weighted by atomic mass is 32.1. The first-order valence-electron chi connectivity index (χ1n) is 9.32. The summed E-state index contributed by atoms with van der Waals surface area (Å²) >= 11 is 1.35.